The lowest BCUT2D eigenvalue weighted by Crippen LogP contribution is -2.71. The SMILES string of the molecule is C[C@@]1(CCl)S[C@@H]2[C@H](NC(=O)Cc3ccccc3)C(=O)N2[C@H]1C(=O)OCc1ccccc1. The van der Waals surface area contributed by atoms with Gasteiger partial charge in [-0.3, -0.25) is 9.59 Å². The van der Waals surface area contributed by atoms with Crippen LogP contribution >= 0.6 is 23.4 Å². The number of halogens is 1. The summed E-state index contributed by atoms with van der Waals surface area (Å²) in [6.45, 7) is 1.98. The van der Waals surface area contributed by atoms with Gasteiger partial charge in [-0.15, -0.1) is 23.4 Å². The molecule has 2 aromatic rings. The minimum atomic E-state index is -0.793. The van der Waals surface area contributed by atoms with Crippen molar-refractivity contribution in [2.45, 2.75) is 42.2 Å². The number of rotatable bonds is 7. The van der Waals surface area contributed by atoms with E-state index in [1.54, 1.807) is 0 Å². The summed E-state index contributed by atoms with van der Waals surface area (Å²) in [5.74, 6) is -0.820. The Hall–Kier alpha value is -2.51. The molecule has 2 aromatic carbocycles. The molecule has 2 aliphatic heterocycles. The Bertz CT molecular complexity index is 974. The molecule has 31 heavy (non-hydrogen) atoms. The Morgan fingerprint density at radius 1 is 1.10 bits per heavy atom. The van der Waals surface area contributed by atoms with Crippen LogP contribution in [0.1, 0.15) is 18.1 Å². The third-order valence-electron chi connectivity index (χ3n) is 5.56. The van der Waals surface area contributed by atoms with Gasteiger partial charge in [0.15, 0.2) is 0 Å². The molecular formula is C23H23ClN2O4S. The second kappa shape index (κ2) is 8.93. The van der Waals surface area contributed by atoms with Crippen LogP contribution in [0.3, 0.4) is 0 Å². The van der Waals surface area contributed by atoms with E-state index < -0.39 is 22.8 Å². The predicted molar refractivity (Wildman–Crippen MR) is 119 cm³/mol. The first-order valence-corrected chi connectivity index (χ1v) is 11.4. The summed E-state index contributed by atoms with van der Waals surface area (Å²) in [5.41, 5.74) is 1.74. The van der Waals surface area contributed by atoms with Gasteiger partial charge in [-0.1, -0.05) is 60.7 Å². The zero-order valence-corrected chi connectivity index (χ0v) is 18.6. The van der Waals surface area contributed by atoms with E-state index in [-0.39, 0.29) is 36.1 Å². The van der Waals surface area contributed by atoms with Crippen molar-refractivity contribution >= 4 is 41.1 Å². The summed E-state index contributed by atoms with van der Waals surface area (Å²) in [5, 5.41) is 2.48. The normalized spacial score (nSPS) is 26.7. The summed E-state index contributed by atoms with van der Waals surface area (Å²) in [6, 6.07) is 17.2. The third-order valence-corrected chi connectivity index (χ3v) is 7.92. The number of fused-ring (bicyclic) bond motifs is 1. The fourth-order valence-corrected chi connectivity index (χ4v) is 5.88. The van der Waals surface area contributed by atoms with Gasteiger partial charge in [0.05, 0.1) is 11.2 Å². The van der Waals surface area contributed by atoms with Gasteiger partial charge in [-0.2, -0.15) is 0 Å². The molecule has 162 valence electrons. The summed E-state index contributed by atoms with van der Waals surface area (Å²) >= 11 is 7.66. The maximum absolute atomic E-state index is 12.9. The van der Waals surface area contributed by atoms with Crippen LogP contribution in [0.5, 0.6) is 0 Å². The van der Waals surface area contributed by atoms with Crippen LogP contribution in [0.15, 0.2) is 60.7 Å². The van der Waals surface area contributed by atoms with Gasteiger partial charge in [0.25, 0.3) is 0 Å². The number of β-lactam (4-membered cyclic amide) rings is 1. The predicted octanol–water partition coefficient (Wildman–Crippen LogP) is 2.74. The molecule has 0 unspecified atom stereocenters. The fraction of sp³-hybridized carbons (Fsp3) is 0.348. The first-order valence-electron chi connectivity index (χ1n) is 10.0. The van der Waals surface area contributed by atoms with Gasteiger partial charge < -0.3 is 15.0 Å². The highest BCUT2D eigenvalue weighted by molar-refractivity contribution is 8.01. The minimum absolute atomic E-state index is 0.128. The average Bonchev–Trinajstić information content (AvgIpc) is 3.07. The zero-order valence-electron chi connectivity index (χ0n) is 17.0. The Labute approximate surface area is 190 Å². The van der Waals surface area contributed by atoms with E-state index in [4.69, 9.17) is 16.3 Å². The number of hydrogen-bond donors (Lipinski definition) is 1. The molecule has 2 heterocycles. The molecule has 0 spiro atoms. The van der Waals surface area contributed by atoms with Crippen LogP contribution in [-0.2, 0) is 32.1 Å². The van der Waals surface area contributed by atoms with E-state index in [1.807, 2.05) is 67.6 Å². The van der Waals surface area contributed by atoms with Crippen LogP contribution in [0.4, 0.5) is 0 Å². The molecule has 1 N–H and O–H groups in total. The number of amides is 2. The molecule has 0 aromatic heterocycles. The average molecular weight is 459 g/mol. The molecule has 0 bridgehead atoms. The van der Waals surface area contributed by atoms with E-state index in [2.05, 4.69) is 5.32 Å². The number of ether oxygens (including phenoxy) is 1. The van der Waals surface area contributed by atoms with E-state index in [1.165, 1.54) is 16.7 Å². The Kier molecular flexibility index (Phi) is 6.25. The largest absolute Gasteiger partial charge is 0.459 e. The van der Waals surface area contributed by atoms with Crippen LogP contribution in [-0.4, -0.2) is 50.8 Å². The lowest BCUT2D eigenvalue weighted by atomic mass is 9.95. The number of nitrogens with one attached hydrogen (secondary N) is 1. The van der Waals surface area contributed by atoms with Crippen molar-refractivity contribution in [1.29, 1.82) is 0 Å². The smallest absolute Gasteiger partial charge is 0.330 e. The number of carbonyl (C=O) groups excluding carboxylic acids is 3. The lowest BCUT2D eigenvalue weighted by molar-refractivity contribution is -0.165. The van der Waals surface area contributed by atoms with Gasteiger partial charge in [0, 0.05) is 5.88 Å². The molecule has 2 fully saturated rings. The Morgan fingerprint density at radius 2 is 1.71 bits per heavy atom. The standard InChI is InChI=1S/C23H23ClN2O4S/c1-23(14-24)19(22(29)30-13-16-10-6-3-7-11-16)26-20(28)18(21(26)31-23)25-17(27)12-15-8-4-2-5-9-15/h2-11,18-19,21H,12-14H2,1H3,(H,25,27)/t18-,19+,21-,23+/m1/s1. The van der Waals surface area contributed by atoms with E-state index >= 15 is 0 Å². The van der Waals surface area contributed by atoms with Gasteiger partial charge in [0.2, 0.25) is 11.8 Å². The third kappa shape index (κ3) is 4.29. The molecule has 0 aliphatic carbocycles. The molecule has 4 atom stereocenters. The maximum Gasteiger partial charge on any atom is 0.330 e. The molecule has 2 aliphatic rings. The van der Waals surface area contributed by atoms with Crippen molar-refractivity contribution in [2.24, 2.45) is 0 Å². The summed E-state index contributed by atoms with van der Waals surface area (Å²) in [4.78, 5) is 39.7. The lowest BCUT2D eigenvalue weighted by Gasteiger charge is -2.44. The van der Waals surface area contributed by atoms with Crippen LogP contribution in [0.2, 0.25) is 0 Å². The molecule has 2 amide bonds. The number of nitrogens with zero attached hydrogens (tertiary/aromatic N) is 1. The van der Waals surface area contributed by atoms with E-state index in [0.717, 1.165) is 11.1 Å². The number of benzene rings is 2. The first kappa shape index (κ1) is 21.7. The van der Waals surface area contributed by atoms with Gasteiger partial charge in [0.1, 0.15) is 24.1 Å². The number of alkyl halides is 1. The zero-order chi connectivity index (χ0) is 22.0. The van der Waals surface area contributed by atoms with Gasteiger partial charge >= 0.3 is 5.97 Å². The van der Waals surface area contributed by atoms with E-state index in [0.29, 0.717) is 0 Å². The van der Waals surface area contributed by atoms with Crippen molar-refractivity contribution < 1.29 is 19.1 Å². The Morgan fingerprint density at radius 3 is 2.32 bits per heavy atom. The van der Waals surface area contributed by atoms with Gasteiger partial charge in [-0.25, -0.2) is 4.79 Å². The van der Waals surface area contributed by atoms with Crippen molar-refractivity contribution in [3.8, 4) is 0 Å². The monoisotopic (exact) mass is 458 g/mol. The van der Waals surface area contributed by atoms with Crippen LogP contribution < -0.4 is 5.32 Å². The molecule has 8 heteroatoms. The number of hydrogen-bond acceptors (Lipinski definition) is 5. The molecule has 0 saturated carbocycles. The summed E-state index contributed by atoms with van der Waals surface area (Å²) in [6.07, 6.45) is 0.192. The molecule has 2 saturated heterocycles. The van der Waals surface area contributed by atoms with Crippen molar-refractivity contribution in [1.82, 2.24) is 10.2 Å². The van der Waals surface area contributed by atoms with Gasteiger partial charge in [-0.05, 0) is 18.1 Å². The molecule has 0 radical (unpaired) electrons. The summed E-state index contributed by atoms with van der Waals surface area (Å²) < 4.78 is 4.81. The molecule has 4 rings (SSSR count). The summed E-state index contributed by atoms with van der Waals surface area (Å²) in [7, 11) is 0. The number of thioether (sulfide) groups is 1. The van der Waals surface area contributed by atoms with Crippen LogP contribution in [0, 0.1) is 0 Å². The second-order valence-corrected chi connectivity index (χ2v) is 9.82. The maximum atomic E-state index is 12.9. The minimum Gasteiger partial charge on any atom is -0.459 e. The van der Waals surface area contributed by atoms with Crippen LogP contribution in [0.25, 0.3) is 0 Å². The molecular weight excluding hydrogens is 436 g/mol. The van der Waals surface area contributed by atoms with E-state index in [9.17, 15) is 14.4 Å². The number of carbonyl (C=O) groups is 3. The fourth-order valence-electron chi connectivity index (χ4n) is 3.93. The van der Waals surface area contributed by atoms with Crippen molar-refractivity contribution in [3.05, 3.63) is 71.8 Å². The van der Waals surface area contributed by atoms with Crippen molar-refractivity contribution in [2.75, 3.05) is 5.88 Å². The Balaban J connectivity index is 1.42. The molecule has 6 nitrogen and oxygen atoms in total. The highest BCUT2D eigenvalue weighted by Crippen LogP contribution is 2.51. The highest BCUT2D eigenvalue weighted by Gasteiger charge is 2.65. The second-order valence-electron chi connectivity index (χ2n) is 7.90. The van der Waals surface area contributed by atoms with Crippen molar-refractivity contribution in [3.63, 3.8) is 0 Å². The number of esters is 1. The highest BCUT2D eigenvalue weighted by atomic mass is 35.5. The topological polar surface area (TPSA) is 75.7 Å². The first-order chi connectivity index (χ1) is 14.9. The quantitative estimate of drug-likeness (QED) is 0.392.